The second-order valence-electron chi connectivity index (χ2n) is 7.87. The van der Waals surface area contributed by atoms with E-state index in [-0.39, 0.29) is 18.6 Å². The van der Waals surface area contributed by atoms with E-state index >= 15 is 0 Å². The van der Waals surface area contributed by atoms with Gasteiger partial charge in [-0.1, -0.05) is 6.42 Å². The average Bonchev–Trinajstić information content (AvgIpc) is 3.30. The number of hydrogen-bond acceptors (Lipinski definition) is 7. The fourth-order valence-corrected chi connectivity index (χ4v) is 3.95. The summed E-state index contributed by atoms with van der Waals surface area (Å²) in [7, 11) is 0. The van der Waals surface area contributed by atoms with Crippen LogP contribution in [-0.4, -0.2) is 88.0 Å². The topological polar surface area (TPSA) is 85.6 Å². The smallest absolute Gasteiger partial charge is 0.244 e. The molecular weight excluding hydrogens is 348 g/mol. The van der Waals surface area contributed by atoms with Gasteiger partial charge in [-0.2, -0.15) is 0 Å². The van der Waals surface area contributed by atoms with Gasteiger partial charge >= 0.3 is 0 Å². The summed E-state index contributed by atoms with van der Waals surface area (Å²) in [5, 5.41) is 12.0. The molecule has 0 spiro atoms. The zero-order valence-electron chi connectivity index (χ0n) is 16.0. The number of amides is 1. The Bertz CT molecular complexity index is 608. The molecule has 3 fully saturated rings. The van der Waals surface area contributed by atoms with Crippen molar-refractivity contribution < 1.29 is 14.3 Å². The predicted molar refractivity (Wildman–Crippen MR) is 96.8 cm³/mol. The van der Waals surface area contributed by atoms with Gasteiger partial charge in [-0.15, -0.1) is 5.10 Å². The molecule has 1 atom stereocenters. The van der Waals surface area contributed by atoms with Gasteiger partial charge in [-0.05, 0) is 42.0 Å². The van der Waals surface area contributed by atoms with Gasteiger partial charge in [0.1, 0.15) is 6.54 Å². The molecule has 0 unspecified atom stereocenters. The third-order valence-electron chi connectivity index (χ3n) is 5.86. The molecule has 1 aromatic heterocycles. The van der Waals surface area contributed by atoms with Crippen molar-refractivity contribution in [1.82, 2.24) is 30.0 Å². The van der Waals surface area contributed by atoms with Gasteiger partial charge in [0.25, 0.3) is 0 Å². The van der Waals surface area contributed by atoms with Crippen LogP contribution in [0.3, 0.4) is 0 Å². The van der Waals surface area contributed by atoms with E-state index in [4.69, 9.17) is 9.47 Å². The lowest BCUT2D eigenvalue weighted by Crippen LogP contribution is -2.43. The highest BCUT2D eigenvalue weighted by Gasteiger charge is 2.28. The van der Waals surface area contributed by atoms with E-state index in [1.54, 1.807) is 4.68 Å². The minimum Gasteiger partial charge on any atom is -0.379 e. The SMILES string of the molecule is O=C(Cn1nnnc1CN1CCOCC1)N(CC1CCC1)C[C@@H]1CCCO1. The summed E-state index contributed by atoms with van der Waals surface area (Å²) in [4.78, 5) is 17.3. The van der Waals surface area contributed by atoms with E-state index in [9.17, 15) is 4.79 Å². The summed E-state index contributed by atoms with van der Waals surface area (Å²) in [5.74, 6) is 1.47. The van der Waals surface area contributed by atoms with E-state index in [2.05, 4.69) is 20.4 Å². The van der Waals surface area contributed by atoms with Gasteiger partial charge in [-0.3, -0.25) is 9.69 Å². The first kappa shape index (κ1) is 18.8. The van der Waals surface area contributed by atoms with Crippen LogP contribution in [0.5, 0.6) is 0 Å². The molecule has 27 heavy (non-hydrogen) atoms. The van der Waals surface area contributed by atoms with Crippen molar-refractivity contribution in [1.29, 1.82) is 0 Å². The number of ether oxygens (including phenoxy) is 2. The Morgan fingerprint density at radius 2 is 1.96 bits per heavy atom. The number of rotatable bonds is 8. The van der Waals surface area contributed by atoms with Crippen LogP contribution in [0.2, 0.25) is 0 Å². The molecule has 1 aromatic rings. The average molecular weight is 378 g/mol. The summed E-state index contributed by atoms with van der Waals surface area (Å²) in [5.41, 5.74) is 0. The van der Waals surface area contributed by atoms with Gasteiger partial charge in [0, 0.05) is 32.8 Å². The Labute approximate surface area is 160 Å². The maximum Gasteiger partial charge on any atom is 0.244 e. The largest absolute Gasteiger partial charge is 0.379 e. The summed E-state index contributed by atoms with van der Waals surface area (Å²) >= 11 is 0. The minimum atomic E-state index is 0.0907. The maximum atomic E-state index is 13.0. The zero-order valence-corrected chi connectivity index (χ0v) is 16.0. The zero-order chi connectivity index (χ0) is 18.5. The van der Waals surface area contributed by atoms with E-state index in [0.29, 0.717) is 19.0 Å². The number of hydrogen-bond donors (Lipinski definition) is 0. The second kappa shape index (κ2) is 9.07. The maximum absolute atomic E-state index is 13.0. The molecule has 150 valence electrons. The summed E-state index contributed by atoms with van der Waals surface area (Å²) in [6.45, 7) is 6.39. The van der Waals surface area contributed by atoms with Crippen molar-refractivity contribution in [2.75, 3.05) is 46.0 Å². The molecular formula is C18H30N6O3. The van der Waals surface area contributed by atoms with Crippen LogP contribution < -0.4 is 0 Å². The molecule has 2 aliphatic heterocycles. The number of nitrogens with zero attached hydrogens (tertiary/aromatic N) is 6. The fraction of sp³-hybridized carbons (Fsp3) is 0.889. The highest BCUT2D eigenvalue weighted by atomic mass is 16.5. The monoisotopic (exact) mass is 378 g/mol. The van der Waals surface area contributed by atoms with Crippen LogP contribution in [0.25, 0.3) is 0 Å². The minimum absolute atomic E-state index is 0.0907. The molecule has 0 bridgehead atoms. The molecule has 0 radical (unpaired) electrons. The van der Waals surface area contributed by atoms with E-state index < -0.39 is 0 Å². The van der Waals surface area contributed by atoms with E-state index in [1.807, 2.05) is 4.90 Å². The third-order valence-corrected chi connectivity index (χ3v) is 5.86. The molecule has 9 nitrogen and oxygen atoms in total. The van der Waals surface area contributed by atoms with Crippen molar-refractivity contribution in [2.24, 2.45) is 5.92 Å². The molecule has 9 heteroatoms. The molecule has 0 N–H and O–H groups in total. The summed E-state index contributed by atoms with van der Waals surface area (Å²) in [6, 6.07) is 0. The third kappa shape index (κ3) is 5.03. The summed E-state index contributed by atoms with van der Waals surface area (Å²) in [6.07, 6.45) is 6.04. The first-order valence-corrected chi connectivity index (χ1v) is 10.2. The van der Waals surface area contributed by atoms with Crippen molar-refractivity contribution in [3.8, 4) is 0 Å². The molecule has 1 saturated carbocycles. The van der Waals surface area contributed by atoms with Gasteiger partial charge in [0.2, 0.25) is 5.91 Å². The highest BCUT2D eigenvalue weighted by molar-refractivity contribution is 5.76. The van der Waals surface area contributed by atoms with Gasteiger partial charge in [0.05, 0.1) is 25.9 Å². The standard InChI is InChI=1S/C18H30N6O3/c25-18(23(11-15-3-1-4-15)12-16-5-2-8-27-16)14-24-17(19-20-21-24)13-22-6-9-26-10-7-22/h15-16H,1-14H2/t16-/m0/s1. The Morgan fingerprint density at radius 1 is 1.11 bits per heavy atom. The van der Waals surface area contributed by atoms with Crippen LogP contribution in [0.1, 0.15) is 37.9 Å². The quantitative estimate of drug-likeness (QED) is 0.644. The Kier molecular flexibility index (Phi) is 6.31. The lowest BCUT2D eigenvalue weighted by Gasteiger charge is -2.33. The number of carbonyl (C=O) groups is 1. The van der Waals surface area contributed by atoms with Crippen molar-refractivity contribution in [2.45, 2.75) is 51.3 Å². The molecule has 3 aliphatic rings. The Hall–Kier alpha value is -1.58. The summed E-state index contributed by atoms with van der Waals surface area (Å²) < 4.78 is 12.8. The first-order chi connectivity index (χ1) is 13.3. The fourth-order valence-electron chi connectivity index (χ4n) is 3.95. The van der Waals surface area contributed by atoms with Crippen molar-refractivity contribution in [3.63, 3.8) is 0 Å². The lowest BCUT2D eigenvalue weighted by molar-refractivity contribution is -0.134. The van der Waals surface area contributed by atoms with E-state index in [1.165, 1.54) is 19.3 Å². The molecule has 3 heterocycles. The Morgan fingerprint density at radius 3 is 2.67 bits per heavy atom. The Balaban J connectivity index is 1.36. The molecule has 4 rings (SSSR count). The predicted octanol–water partition coefficient (Wildman–Crippen LogP) is 0.313. The number of aromatic nitrogens is 4. The number of morpholine rings is 1. The first-order valence-electron chi connectivity index (χ1n) is 10.2. The second-order valence-corrected chi connectivity index (χ2v) is 7.87. The molecule has 1 aliphatic carbocycles. The molecule has 2 saturated heterocycles. The molecule has 1 amide bonds. The lowest BCUT2D eigenvalue weighted by atomic mass is 9.85. The van der Waals surface area contributed by atoms with Crippen LogP contribution >= 0.6 is 0 Å². The number of tetrazole rings is 1. The van der Waals surface area contributed by atoms with Crippen LogP contribution in [-0.2, 0) is 27.4 Å². The van der Waals surface area contributed by atoms with Gasteiger partial charge in [0.15, 0.2) is 5.82 Å². The van der Waals surface area contributed by atoms with Crippen LogP contribution in [0.4, 0.5) is 0 Å². The van der Waals surface area contributed by atoms with Crippen molar-refractivity contribution >= 4 is 5.91 Å². The van der Waals surface area contributed by atoms with Crippen LogP contribution in [0, 0.1) is 5.92 Å². The highest BCUT2D eigenvalue weighted by Crippen LogP contribution is 2.28. The van der Waals surface area contributed by atoms with Gasteiger partial charge in [-0.25, -0.2) is 4.68 Å². The normalized spacial score (nSPS) is 24.1. The molecule has 0 aromatic carbocycles. The van der Waals surface area contributed by atoms with Crippen molar-refractivity contribution in [3.05, 3.63) is 5.82 Å². The van der Waals surface area contributed by atoms with Gasteiger partial charge < -0.3 is 14.4 Å². The van der Waals surface area contributed by atoms with Crippen LogP contribution in [0.15, 0.2) is 0 Å². The number of carbonyl (C=O) groups excluding carboxylic acids is 1. The van der Waals surface area contributed by atoms with E-state index in [0.717, 1.165) is 58.1 Å².